The first-order valence-electron chi connectivity index (χ1n) is 6.78. The molecule has 0 saturated heterocycles. The van der Waals surface area contributed by atoms with Crippen molar-refractivity contribution < 1.29 is 0 Å². The summed E-state index contributed by atoms with van der Waals surface area (Å²) in [4.78, 5) is 21.5. The van der Waals surface area contributed by atoms with E-state index >= 15 is 0 Å². The molecular weight excluding hydrogens is 376 g/mol. The van der Waals surface area contributed by atoms with Crippen LogP contribution >= 0.6 is 27.3 Å². The predicted molar refractivity (Wildman–Crippen MR) is 93.3 cm³/mol. The summed E-state index contributed by atoms with van der Waals surface area (Å²) in [7, 11) is 0. The summed E-state index contributed by atoms with van der Waals surface area (Å²) in [6, 6.07) is 11.5. The molecule has 0 spiro atoms. The van der Waals surface area contributed by atoms with Gasteiger partial charge >= 0.3 is 0 Å². The molecule has 112 valence electrons. The number of fused-ring (bicyclic) bond motifs is 1. The van der Waals surface area contributed by atoms with E-state index in [0.29, 0.717) is 15.3 Å². The largest absolute Gasteiger partial charge is 0.291 e. The van der Waals surface area contributed by atoms with Crippen molar-refractivity contribution in [3.8, 4) is 11.4 Å². The van der Waals surface area contributed by atoms with E-state index in [9.17, 15) is 4.79 Å². The molecule has 0 saturated carbocycles. The quantitative estimate of drug-likeness (QED) is 0.532. The maximum absolute atomic E-state index is 12.5. The summed E-state index contributed by atoms with van der Waals surface area (Å²) in [6.45, 7) is 0. The van der Waals surface area contributed by atoms with Crippen molar-refractivity contribution >= 4 is 38.3 Å². The monoisotopic (exact) mass is 384 g/mol. The molecule has 0 aliphatic rings. The highest BCUT2D eigenvalue weighted by Crippen LogP contribution is 2.15. The fraction of sp³-hybridized carbons (Fsp3) is 0. The molecule has 0 amide bonds. The van der Waals surface area contributed by atoms with Gasteiger partial charge in [-0.05, 0) is 35.9 Å². The van der Waals surface area contributed by atoms with Crippen LogP contribution in [-0.4, -0.2) is 19.6 Å². The Morgan fingerprint density at radius 3 is 2.87 bits per heavy atom. The van der Waals surface area contributed by atoms with Crippen LogP contribution in [-0.2, 0) is 0 Å². The molecule has 0 aliphatic heterocycles. The van der Waals surface area contributed by atoms with Gasteiger partial charge in [0, 0.05) is 22.4 Å². The summed E-state index contributed by atoms with van der Waals surface area (Å²) in [5.41, 5.74) is 1.58. The Kier molecular flexibility index (Phi) is 3.51. The highest BCUT2D eigenvalue weighted by molar-refractivity contribution is 9.10. The third-order valence-electron chi connectivity index (χ3n) is 3.25. The standard InChI is InChI=1S/C16H9BrN4OS/c17-12-5-1-3-10(7-12)8-13-15(22)21-16(23-13)19-14(20-21)11-4-2-6-18-9-11/h1-9H/b13-8-. The Bertz CT molecular complexity index is 1100. The Hall–Kier alpha value is -2.38. The molecule has 0 N–H and O–H groups in total. The number of hydrogen-bond donors (Lipinski definition) is 0. The first-order chi connectivity index (χ1) is 11.2. The Balaban J connectivity index is 1.84. The molecule has 0 atom stereocenters. The molecule has 4 aromatic rings. The Labute approximate surface area is 143 Å². The van der Waals surface area contributed by atoms with Gasteiger partial charge in [0.1, 0.15) is 0 Å². The zero-order chi connectivity index (χ0) is 15.8. The van der Waals surface area contributed by atoms with Crippen molar-refractivity contribution in [1.82, 2.24) is 19.6 Å². The molecule has 23 heavy (non-hydrogen) atoms. The normalized spacial score (nSPS) is 12.1. The Morgan fingerprint density at radius 2 is 2.13 bits per heavy atom. The summed E-state index contributed by atoms with van der Waals surface area (Å²) >= 11 is 4.75. The molecule has 3 aromatic heterocycles. The van der Waals surface area contributed by atoms with Crippen LogP contribution in [0.1, 0.15) is 5.56 Å². The molecule has 0 radical (unpaired) electrons. The maximum atomic E-state index is 12.5. The smallest absolute Gasteiger partial charge is 0.266 e. The van der Waals surface area contributed by atoms with Crippen molar-refractivity contribution in [1.29, 1.82) is 0 Å². The van der Waals surface area contributed by atoms with Crippen molar-refractivity contribution in [3.05, 3.63) is 73.7 Å². The van der Waals surface area contributed by atoms with Crippen molar-refractivity contribution in [2.24, 2.45) is 0 Å². The minimum atomic E-state index is -0.160. The molecule has 0 unspecified atom stereocenters. The third kappa shape index (κ3) is 2.69. The van der Waals surface area contributed by atoms with E-state index in [0.717, 1.165) is 15.6 Å². The van der Waals surface area contributed by atoms with Gasteiger partial charge in [0.15, 0.2) is 5.82 Å². The molecule has 3 heterocycles. The number of aromatic nitrogens is 4. The lowest BCUT2D eigenvalue weighted by Gasteiger charge is -1.92. The molecule has 0 bridgehead atoms. The molecule has 1 aromatic carbocycles. The van der Waals surface area contributed by atoms with Crippen LogP contribution in [0.15, 0.2) is 58.1 Å². The second-order valence-corrected chi connectivity index (χ2v) is 6.77. The second kappa shape index (κ2) is 5.68. The van der Waals surface area contributed by atoms with Crippen LogP contribution < -0.4 is 10.1 Å². The van der Waals surface area contributed by atoms with E-state index < -0.39 is 0 Å². The lowest BCUT2D eigenvalue weighted by atomic mass is 10.2. The van der Waals surface area contributed by atoms with E-state index in [1.165, 1.54) is 15.9 Å². The fourth-order valence-electron chi connectivity index (χ4n) is 2.20. The van der Waals surface area contributed by atoms with Crippen LogP contribution in [0.25, 0.3) is 22.4 Å². The highest BCUT2D eigenvalue weighted by Gasteiger charge is 2.11. The minimum Gasteiger partial charge on any atom is -0.266 e. The van der Waals surface area contributed by atoms with E-state index in [-0.39, 0.29) is 5.56 Å². The lowest BCUT2D eigenvalue weighted by molar-refractivity contribution is 0.936. The van der Waals surface area contributed by atoms with Gasteiger partial charge in [0.2, 0.25) is 4.96 Å². The zero-order valence-electron chi connectivity index (χ0n) is 11.7. The van der Waals surface area contributed by atoms with Gasteiger partial charge in [-0.25, -0.2) is 0 Å². The third-order valence-corrected chi connectivity index (χ3v) is 4.70. The summed E-state index contributed by atoms with van der Waals surface area (Å²) in [6.07, 6.45) is 5.21. The number of nitrogens with zero attached hydrogens (tertiary/aromatic N) is 4. The van der Waals surface area contributed by atoms with Gasteiger partial charge in [-0.2, -0.15) is 9.50 Å². The number of benzene rings is 1. The average molecular weight is 385 g/mol. The van der Waals surface area contributed by atoms with Gasteiger partial charge < -0.3 is 0 Å². The van der Waals surface area contributed by atoms with Gasteiger partial charge in [-0.15, -0.1) is 5.10 Å². The van der Waals surface area contributed by atoms with E-state index in [1.54, 1.807) is 12.4 Å². The van der Waals surface area contributed by atoms with Gasteiger partial charge in [0.05, 0.1) is 4.53 Å². The van der Waals surface area contributed by atoms with Crippen molar-refractivity contribution in [3.63, 3.8) is 0 Å². The van der Waals surface area contributed by atoms with Crippen LogP contribution in [0, 0.1) is 0 Å². The number of hydrogen-bond acceptors (Lipinski definition) is 5. The molecular formula is C16H9BrN4OS. The molecule has 4 rings (SSSR count). The first-order valence-corrected chi connectivity index (χ1v) is 8.39. The van der Waals surface area contributed by atoms with Gasteiger partial charge in [0.25, 0.3) is 5.56 Å². The number of halogens is 1. The number of pyridine rings is 1. The van der Waals surface area contributed by atoms with E-state index in [2.05, 4.69) is 31.0 Å². The Morgan fingerprint density at radius 1 is 1.22 bits per heavy atom. The van der Waals surface area contributed by atoms with Crippen molar-refractivity contribution in [2.75, 3.05) is 0 Å². The number of thiazole rings is 1. The lowest BCUT2D eigenvalue weighted by Crippen LogP contribution is -2.23. The predicted octanol–water partition coefficient (Wildman–Crippen LogP) is 2.52. The maximum Gasteiger partial charge on any atom is 0.291 e. The first kappa shape index (κ1) is 14.2. The summed E-state index contributed by atoms with van der Waals surface area (Å²) in [5, 5.41) is 4.30. The molecule has 0 aliphatic carbocycles. The SMILES string of the molecule is O=c1/c(=C/c2cccc(Br)c2)sc2nc(-c3cccnc3)nn12. The topological polar surface area (TPSA) is 60.2 Å². The molecule has 0 fully saturated rings. The second-order valence-electron chi connectivity index (χ2n) is 4.84. The fourth-order valence-corrected chi connectivity index (χ4v) is 3.52. The summed E-state index contributed by atoms with van der Waals surface area (Å²) in [5.74, 6) is 0.510. The number of rotatable bonds is 2. The van der Waals surface area contributed by atoms with E-state index in [1.807, 2.05) is 42.5 Å². The average Bonchev–Trinajstić information content (AvgIpc) is 3.09. The van der Waals surface area contributed by atoms with Gasteiger partial charge in [-0.1, -0.05) is 39.4 Å². The van der Waals surface area contributed by atoms with Crippen LogP contribution in [0.3, 0.4) is 0 Å². The molecule has 7 heteroatoms. The summed E-state index contributed by atoms with van der Waals surface area (Å²) < 4.78 is 2.92. The van der Waals surface area contributed by atoms with Crippen molar-refractivity contribution in [2.45, 2.75) is 0 Å². The van der Waals surface area contributed by atoms with Crippen LogP contribution in [0.2, 0.25) is 0 Å². The highest BCUT2D eigenvalue weighted by atomic mass is 79.9. The molecule has 5 nitrogen and oxygen atoms in total. The van der Waals surface area contributed by atoms with Gasteiger partial charge in [-0.3, -0.25) is 9.78 Å². The zero-order valence-corrected chi connectivity index (χ0v) is 14.1. The minimum absolute atomic E-state index is 0.160. The van der Waals surface area contributed by atoms with E-state index in [4.69, 9.17) is 0 Å². The van der Waals surface area contributed by atoms with Crippen LogP contribution in [0.5, 0.6) is 0 Å². The van der Waals surface area contributed by atoms with Crippen LogP contribution in [0.4, 0.5) is 0 Å².